The molecule has 0 saturated heterocycles. The van der Waals surface area contributed by atoms with E-state index in [1.165, 1.54) is 4.90 Å². The van der Waals surface area contributed by atoms with Crippen molar-refractivity contribution < 1.29 is 19.2 Å². The van der Waals surface area contributed by atoms with Crippen LogP contribution in [-0.2, 0) is 4.79 Å². The third kappa shape index (κ3) is 4.87. The molecule has 0 aromatic heterocycles. The van der Waals surface area contributed by atoms with E-state index in [1.54, 1.807) is 36.4 Å². The van der Waals surface area contributed by atoms with Crippen LogP contribution in [0.5, 0.6) is 0 Å². The molecule has 0 atom stereocenters. The number of benzene rings is 2. The van der Waals surface area contributed by atoms with Crippen molar-refractivity contribution in [1.29, 1.82) is 0 Å². The Morgan fingerprint density at radius 2 is 1.55 bits per heavy atom. The molecule has 0 aliphatic carbocycles. The summed E-state index contributed by atoms with van der Waals surface area (Å²) in [5.74, 6) is -1.00. The Hall–Kier alpha value is -3.48. The minimum Gasteiger partial charge on any atom is -0.354 e. The quantitative estimate of drug-likeness (QED) is 0.529. The normalized spacial score (nSPS) is 12.7. The Morgan fingerprint density at radius 1 is 0.897 bits per heavy atom. The molecular weight excluding hydrogens is 370 g/mol. The maximum absolute atomic E-state index is 12.3. The van der Waals surface area contributed by atoms with Crippen LogP contribution in [0.4, 0.5) is 0 Å². The van der Waals surface area contributed by atoms with Gasteiger partial charge in [-0.25, -0.2) is 0 Å². The van der Waals surface area contributed by atoms with Gasteiger partial charge in [-0.15, -0.1) is 0 Å². The smallest absolute Gasteiger partial charge is 0.261 e. The minimum atomic E-state index is -0.315. The number of hydrogen-bond acceptors (Lipinski definition) is 4. The molecule has 4 amide bonds. The van der Waals surface area contributed by atoms with E-state index in [-0.39, 0.29) is 36.6 Å². The second kappa shape index (κ2) is 9.14. The van der Waals surface area contributed by atoms with Gasteiger partial charge in [-0.3, -0.25) is 24.1 Å². The van der Waals surface area contributed by atoms with Gasteiger partial charge in [0.05, 0.1) is 11.1 Å². The summed E-state index contributed by atoms with van der Waals surface area (Å²) in [6.07, 6.45) is 0.576. The zero-order valence-electron chi connectivity index (χ0n) is 16.2. The molecule has 0 saturated carbocycles. The number of carbonyl (C=O) groups is 4. The van der Waals surface area contributed by atoms with Crippen LogP contribution in [0.1, 0.15) is 49.5 Å². The molecule has 0 radical (unpaired) electrons. The summed E-state index contributed by atoms with van der Waals surface area (Å²) in [5, 5.41) is 5.48. The predicted octanol–water partition coefficient (Wildman–Crippen LogP) is 1.92. The Labute approximate surface area is 169 Å². The van der Waals surface area contributed by atoms with Crippen molar-refractivity contribution >= 4 is 23.6 Å². The van der Waals surface area contributed by atoms with Gasteiger partial charge >= 0.3 is 0 Å². The Balaban J connectivity index is 1.34. The number of imide groups is 1. The summed E-state index contributed by atoms with van der Waals surface area (Å²) in [6.45, 7) is 2.74. The lowest BCUT2D eigenvalue weighted by atomic mass is 10.1. The van der Waals surface area contributed by atoms with E-state index in [2.05, 4.69) is 10.6 Å². The van der Waals surface area contributed by atoms with Crippen LogP contribution in [-0.4, -0.2) is 48.2 Å². The van der Waals surface area contributed by atoms with E-state index < -0.39 is 0 Å². The lowest BCUT2D eigenvalue weighted by Crippen LogP contribution is -2.35. The summed E-state index contributed by atoms with van der Waals surface area (Å²) in [7, 11) is 0. The molecule has 2 aromatic carbocycles. The second-order valence-corrected chi connectivity index (χ2v) is 6.89. The van der Waals surface area contributed by atoms with Gasteiger partial charge in [0.1, 0.15) is 0 Å². The van der Waals surface area contributed by atoms with Crippen LogP contribution >= 0.6 is 0 Å². The molecule has 29 heavy (non-hydrogen) atoms. The number of nitrogens with one attached hydrogen (secondary N) is 2. The zero-order chi connectivity index (χ0) is 20.8. The maximum Gasteiger partial charge on any atom is 0.261 e. The van der Waals surface area contributed by atoms with Crippen molar-refractivity contribution in [3.05, 3.63) is 70.8 Å². The molecule has 7 nitrogen and oxygen atoms in total. The van der Waals surface area contributed by atoms with E-state index in [1.807, 2.05) is 19.1 Å². The molecule has 1 aliphatic heterocycles. The molecule has 0 bridgehead atoms. The first-order chi connectivity index (χ1) is 14.0. The SMILES string of the molecule is Cc1cccc(C(=O)NCCNC(=O)CCCN2C(=O)c3ccccc3C2=O)c1. The summed E-state index contributed by atoms with van der Waals surface area (Å²) < 4.78 is 0. The van der Waals surface area contributed by atoms with Gasteiger partial charge in [-0.2, -0.15) is 0 Å². The molecule has 0 fully saturated rings. The number of fused-ring (bicyclic) bond motifs is 1. The zero-order valence-corrected chi connectivity index (χ0v) is 16.2. The van der Waals surface area contributed by atoms with E-state index in [0.717, 1.165) is 5.56 Å². The minimum absolute atomic E-state index is 0.187. The number of hydrogen-bond donors (Lipinski definition) is 2. The van der Waals surface area contributed by atoms with Crippen molar-refractivity contribution in [2.24, 2.45) is 0 Å². The molecule has 150 valence electrons. The highest BCUT2D eigenvalue weighted by Crippen LogP contribution is 2.22. The average molecular weight is 393 g/mol. The first-order valence-electron chi connectivity index (χ1n) is 9.54. The van der Waals surface area contributed by atoms with Crippen molar-refractivity contribution in [1.82, 2.24) is 15.5 Å². The van der Waals surface area contributed by atoms with Crippen LogP contribution in [0.15, 0.2) is 48.5 Å². The summed E-state index contributed by atoms with van der Waals surface area (Å²) in [4.78, 5) is 49.7. The summed E-state index contributed by atoms with van der Waals surface area (Å²) in [6, 6.07) is 14.0. The number of rotatable bonds is 8. The number of nitrogens with zero attached hydrogens (tertiary/aromatic N) is 1. The molecule has 2 N–H and O–H groups in total. The van der Waals surface area contributed by atoms with Crippen LogP contribution in [0, 0.1) is 6.92 Å². The van der Waals surface area contributed by atoms with Gasteiger partial charge in [0.25, 0.3) is 17.7 Å². The van der Waals surface area contributed by atoms with Gasteiger partial charge in [0.2, 0.25) is 5.91 Å². The number of carbonyl (C=O) groups excluding carboxylic acids is 4. The van der Waals surface area contributed by atoms with E-state index in [9.17, 15) is 19.2 Å². The Morgan fingerprint density at radius 3 is 2.21 bits per heavy atom. The predicted molar refractivity (Wildman–Crippen MR) is 108 cm³/mol. The van der Waals surface area contributed by atoms with E-state index in [4.69, 9.17) is 0 Å². The maximum atomic E-state index is 12.3. The van der Waals surface area contributed by atoms with Gasteiger partial charge < -0.3 is 10.6 Å². The van der Waals surface area contributed by atoms with Gasteiger partial charge in [-0.1, -0.05) is 29.8 Å². The second-order valence-electron chi connectivity index (χ2n) is 6.89. The number of aryl methyl sites for hydroxylation is 1. The fraction of sp³-hybridized carbons (Fsp3) is 0.273. The van der Waals surface area contributed by atoms with Crippen LogP contribution in [0.25, 0.3) is 0 Å². The molecular formula is C22H23N3O4. The van der Waals surface area contributed by atoms with Crippen molar-refractivity contribution in [2.75, 3.05) is 19.6 Å². The van der Waals surface area contributed by atoms with Crippen LogP contribution < -0.4 is 10.6 Å². The highest BCUT2D eigenvalue weighted by Gasteiger charge is 2.34. The fourth-order valence-electron chi connectivity index (χ4n) is 3.19. The first kappa shape index (κ1) is 20.3. The lowest BCUT2D eigenvalue weighted by Gasteiger charge is -2.13. The first-order valence-corrected chi connectivity index (χ1v) is 9.54. The van der Waals surface area contributed by atoms with Crippen molar-refractivity contribution in [3.8, 4) is 0 Å². The third-order valence-electron chi connectivity index (χ3n) is 4.68. The van der Waals surface area contributed by atoms with Crippen molar-refractivity contribution in [3.63, 3.8) is 0 Å². The molecule has 2 aromatic rings. The standard InChI is InChI=1S/C22H23N3O4/c1-15-6-4-7-16(14-15)20(27)24-12-11-23-19(26)10-5-13-25-21(28)17-8-2-3-9-18(17)22(25)29/h2-4,6-9,14H,5,10-13H2,1H3,(H,23,26)(H,24,27). The Kier molecular flexibility index (Phi) is 6.39. The topological polar surface area (TPSA) is 95.6 Å². The molecule has 3 rings (SSSR count). The fourth-order valence-corrected chi connectivity index (χ4v) is 3.19. The van der Waals surface area contributed by atoms with E-state index in [0.29, 0.717) is 36.2 Å². The van der Waals surface area contributed by atoms with Gasteiger partial charge in [-0.05, 0) is 37.6 Å². The molecule has 0 unspecified atom stereocenters. The summed E-state index contributed by atoms with van der Waals surface area (Å²) in [5.41, 5.74) is 2.40. The highest BCUT2D eigenvalue weighted by molar-refractivity contribution is 6.21. The molecule has 7 heteroatoms. The van der Waals surface area contributed by atoms with Gasteiger partial charge in [0.15, 0.2) is 0 Å². The Bertz CT molecular complexity index is 920. The summed E-state index contributed by atoms with van der Waals surface area (Å²) >= 11 is 0. The number of amides is 4. The van der Waals surface area contributed by atoms with Crippen LogP contribution in [0.2, 0.25) is 0 Å². The van der Waals surface area contributed by atoms with Gasteiger partial charge in [0, 0.05) is 31.6 Å². The monoisotopic (exact) mass is 393 g/mol. The average Bonchev–Trinajstić information content (AvgIpc) is 2.96. The molecule has 0 spiro atoms. The molecule has 1 aliphatic rings. The largest absolute Gasteiger partial charge is 0.354 e. The molecule has 1 heterocycles. The van der Waals surface area contributed by atoms with Crippen LogP contribution in [0.3, 0.4) is 0 Å². The van der Waals surface area contributed by atoms with E-state index >= 15 is 0 Å². The van der Waals surface area contributed by atoms with Crippen molar-refractivity contribution in [2.45, 2.75) is 19.8 Å². The highest BCUT2D eigenvalue weighted by atomic mass is 16.2. The third-order valence-corrected chi connectivity index (χ3v) is 4.68. The lowest BCUT2D eigenvalue weighted by molar-refractivity contribution is -0.121.